The molecule has 2 heterocycles. The highest BCUT2D eigenvalue weighted by Crippen LogP contribution is 2.16. The summed E-state index contributed by atoms with van der Waals surface area (Å²) in [6.45, 7) is 9.62. The molecule has 2 unspecified atom stereocenters. The molecule has 1 fully saturated rings. The van der Waals surface area contributed by atoms with Gasteiger partial charge in [0.05, 0.1) is 13.6 Å². The van der Waals surface area contributed by atoms with Crippen molar-refractivity contribution in [2.75, 3.05) is 13.1 Å². The van der Waals surface area contributed by atoms with E-state index < -0.39 is 0 Å². The van der Waals surface area contributed by atoms with E-state index in [2.05, 4.69) is 46.4 Å². The number of nitrogens with zero attached hydrogens (tertiary/aromatic N) is 5. The topological polar surface area (TPSA) is 58.9 Å². The van der Waals surface area contributed by atoms with Crippen LogP contribution in [0, 0.1) is 5.92 Å². The Morgan fingerprint density at radius 2 is 2.24 bits per heavy atom. The third-order valence-electron chi connectivity index (χ3n) is 3.32. The van der Waals surface area contributed by atoms with E-state index in [-0.39, 0.29) is 0 Å². The Labute approximate surface area is 102 Å². The molecule has 0 saturated carbocycles. The van der Waals surface area contributed by atoms with Crippen molar-refractivity contribution in [3.05, 3.63) is 5.82 Å². The second kappa shape index (κ2) is 5.10. The summed E-state index contributed by atoms with van der Waals surface area (Å²) in [4.78, 5) is 3.98. The third kappa shape index (κ3) is 3.01. The van der Waals surface area contributed by atoms with Gasteiger partial charge in [0.15, 0.2) is 5.82 Å². The molecule has 6 nitrogen and oxygen atoms in total. The Balaban J connectivity index is 2.04. The van der Waals surface area contributed by atoms with Crippen molar-refractivity contribution in [2.45, 2.75) is 39.4 Å². The summed E-state index contributed by atoms with van der Waals surface area (Å²) in [5, 5.41) is 15.7. The summed E-state index contributed by atoms with van der Waals surface area (Å²) in [7, 11) is 1.80. The van der Waals surface area contributed by atoms with Crippen molar-refractivity contribution in [3.63, 3.8) is 0 Å². The van der Waals surface area contributed by atoms with Gasteiger partial charge in [0.1, 0.15) is 0 Å². The first-order valence-electron chi connectivity index (χ1n) is 6.26. The van der Waals surface area contributed by atoms with Gasteiger partial charge in [0.25, 0.3) is 0 Å². The van der Waals surface area contributed by atoms with Gasteiger partial charge in [-0.3, -0.25) is 4.90 Å². The molecule has 1 aliphatic heterocycles. The van der Waals surface area contributed by atoms with E-state index in [1.165, 1.54) is 4.80 Å². The Bertz CT molecular complexity index is 361. The molecule has 0 bridgehead atoms. The van der Waals surface area contributed by atoms with Crippen LogP contribution in [0.4, 0.5) is 0 Å². The van der Waals surface area contributed by atoms with Crippen molar-refractivity contribution < 1.29 is 0 Å². The van der Waals surface area contributed by atoms with E-state index in [1.807, 2.05) is 0 Å². The van der Waals surface area contributed by atoms with Gasteiger partial charge in [-0.05, 0) is 18.1 Å². The second-order valence-electron chi connectivity index (χ2n) is 5.25. The first-order chi connectivity index (χ1) is 8.06. The molecule has 0 aromatic carbocycles. The fourth-order valence-electron chi connectivity index (χ4n) is 2.41. The van der Waals surface area contributed by atoms with Crippen LogP contribution in [-0.4, -0.2) is 50.3 Å². The van der Waals surface area contributed by atoms with Crippen molar-refractivity contribution >= 4 is 0 Å². The van der Waals surface area contributed by atoms with Crippen LogP contribution < -0.4 is 5.32 Å². The van der Waals surface area contributed by atoms with E-state index in [0.717, 1.165) is 25.5 Å². The molecule has 96 valence electrons. The lowest BCUT2D eigenvalue weighted by atomic mass is 9.99. The molecule has 0 aliphatic carbocycles. The molecule has 1 aromatic rings. The van der Waals surface area contributed by atoms with Gasteiger partial charge in [0.2, 0.25) is 0 Å². The van der Waals surface area contributed by atoms with Gasteiger partial charge in [-0.1, -0.05) is 13.8 Å². The molecule has 1 N–H and O–H groups in total. The smallest absolute Gasteiger partial charge is 0.188 e. The molecular weight excluding hydrogens is 216 g/mol. The van der Waals surface area contributed by atoms with Crippen molar-refractivity contribution in [1.29, 1.82) is 0 Å². The van der Waals surface area contributed by atoms with Crippen LogP contribution in [0.1, 0.15) is 26.6 Å². The Hall–Kier alpha value is -1.01. The molecule has 0 spiro atoms. The molecule has 1 aromatic heterocycles. The minimum absolute atomic E-state index is 0.529. The van der Waals surface area contributed by atoms with Gasteiger partial charge in [-0.15, -0.1) is 10.2 Å². The largest absolute Gasteiger partial charge is 0.311 e. The maximum atomic E-state index is 4.26. The Morgan fingerprint density at radius 1 is 1.47 bits per heavy atom. The molecule has 0 amide bonds. The van der Waals surface area contributed by atoms with Gasteiger partial charge >= 0.3 is 0 Å². The molecule has 2 atom stereocenters. The zero-order chi connectivity index (χ0) is 12.4. The summed E-state index contributed by atoms with van der Waals surface area (Å²) in [6, 6.07) is 1.08. The van der Waals surface area contributed by atoms with Crippen LogP contribution in [0.3, 0.4) is 0 Å². The average molecular weight is 238 g/mol. The van der Waals surface area contributed by atoms with Gasteiger partial charge < -0.3 is 5.32 Å². The normalized spacial score (nSPS) is 26.6. The summed E-state index contributed by atoms with van der Waals surface area (Å²) in [5.74, 6) is 1.44. The lowest BCUT2D eigenvalue weighted by Crippen LogP contribution is -2.56. The number of hydrogen-bond acceptors (Lipinski definition) is 5. The van der Waals surface area contributed by atoms with Gasteiger partial charge in [-0.25, -0.2) is 0 Å². The van der Waals surface area contributed by atoms with Crippen LogP contribution in [0.2, 0.25) is 0 Å². The number of tetrazole rings is 1. The van der Waals surface area contributed by atoms with Crippen LogP contribution >= 0.6 is 0 Å². The number of aromatic nitrogens is 4. The van der Waals surface area contributed by atoms with E-state index in [0.29, 0.717) is 18.0 Å². The predicted molar refractivity (Wildman–Crippen MR) is 65.3 cm³/mol. The monoisotopic (exact) mass is 238 g/mol. The standard InChI is InChI=1S/C11H22N6/c1-8(2)10-5-12-9(3)6-17(10)7-11-13-15-16(4)14-11/h8-10,12H,5-7H2,1-4H3. The number of piperazine rings is 1. The van der Waals surface area contributed by atoms with Crippen LogP contribution in [-0.2, 0) is 13.6 Å². The molecule has 1 aliphatic rings. The quantitative estimate of drug-likeness (QED) is 0.805. The highest BCUT2D eigenvalue weighted by atomic mass is 15.6. The van der Waals surface area contributed by atoms with E-state index in [9.17, 15) is 0 Å². The Morgan fingerprint density at radius 3 is 2.82 bits per heavy atom. The highest BCUT2D eigenvalue weighted by molar-refractivity contribution is 4.89. The van der Waals surface area contributed by atoms with E-state index >= 15 is 0 Å². The number of nitrogens with one attached hydrogen (secondary N) is 1. The SMILES string of the molecule is CC1CN(Cc2nnn(C)n2)C(C(C)C)CN1. The summed E-state index contributed by atoms with van der Waals surface area (Å²) >= 11 is 0. The van der Waals surface area contributed by atoms with Crippen molar-refractivity contribution in [1.82, 2.24) is 30.4 Å². The van der Waals surface area contributed by atoms with E-state index in [1.54, 1.807) is 7.05 Å². The summed E-state index contributed by atoms with van der Waals surface area (Å²) < 4.78 is 0. The minimum Gasteiger partial charge on any atom is -0.311 e. The molecular formula is C11H22N6. The molecule has 17 heavy (non-hydrogen) atoms. The highest BCUT2D eigenvalue weighted by Gasteiger charge is 2.28. The number of hydrogen-bond donors (Lipinski definition) is 1. The van der Waals surface area contributed by atoms with Crippen LogP contribution in [0.25, 0.3) is 0 Å². The lowest BCUT2D eigenvalue weighted by Gasteiger charge is -2.40. The van der Waals surface area contributed by atoms with Crippen molar-refractivity contribution in [3.8, 4) is 0 Å². The molecule has 0 radical (unpaired) electrons. The second-order valence-corrected chi connectivity index (χ2v) is 5.25. The lowest BCUT2D eigenvalue weighted by molar-refractivity contribution is 0.0928. The van der Waals surface area contributed by atoms with E-state index in [4.69, 9.17) is 0 Å². The number of aryl methyl sites for hydroxylation is 1. The Kier molecular flexibility index (Phi) is 3.73. The zero-order valence-electron chi connectivity index (χ0n) is 11.1. The fraction of sp³-hybridized carbons (Fsp3) is 0.909. The van der Waals surface area contributed by atoms with Gasteiger partial charge in [-0.2, -0.15) is 4.80 Å². The molecule has 2 rings (SSSR count). The maximum Gasteiger partial charge on any atom is 0.188 e. The van der Waals surface area contributed by atoms with Crippen LogP contribution in [0.15, 0.2) is 0 Å². The fourth-order valence-corrected chi connectivity index (χ4v) is 2.41. The minimum atomic E-state index is 0.529. The predicted octanol–water partition coefficient (Wildman–Crippen LogP) is 0.0284. The summed E-state index contributed by atoms with van der Waals surface area (Å²) in [5.41, 5.74) is 0. The number of rotatable bonds is 3. The third-order valence-corrected chi connectivity index (χ3v) is 3.32. The van der Waals surface area contributed by atoms with Crippen molar-refractivity contribution in [2.24, 2.45) is 13.0 Å². The maximum absolute atomic E-state index is 4.26. The summed E-state index contributed by atoms with van der Waals surface area (Å²) in [6.07, 6.45) is 0. The molecule has 1 saturated heterocycles. The first-order valence-corrected chi connectivity index (χ1v) is 6.26. The van der Waals surface area contributed by atoms with Crippen LogP contribution in [0.5, 0.6) is 0 Å². The molecule has 6 heteroatoms. The first kappa shape index (κ1) is 12.4. The van der Waals surface area contributed by atoms with Gasteiger partial charge in [0, 0.05) is 25.2 Å². The average Bonchev–Trinajstić information content (AvgIpc) is 2.63. The zero-order valence-corrected chi connectivity index (χ0v) is 11.1.